The van der Waals surface area contributed by atoms with E-state index in [1.807, 2.05) is 43.5 Å². The highest BCUT2D eigenvalue weighted by Gasteiger charge is 2.45. The van der Waals surface area contributed by atoms with Crippen LogP contribution in [0.2, 0.25) is 0 Å². The number of imide groups is 3. The molecule has 2 heterocycles. The minimum atomic E-state index is -0.897. The molecule has 3 rings (SSSR count). The lowest BCUT2D eigenvalue weighted by atomic mass is 10.0. The van der Waals surface area contributed by atoms with E-state index < -0.39 is 28.1 Å². The van der Waals surface area contributed by atoms with Gasteiger partial charge in [-0.25, -0.2) is 4.79 Å². The summed E-state index contributed by atoms with van der Waals surface area (Å²) >= 11 is 0.861. The van der Waals surface area contributed by atoms with E-state index in [-0.39, 0.29) is 0 Å². The van der Waals surface area contributed by atoms with Crippen molar-refractivity contribution in [1.82, 2.24) is 9.88 Å². The van der Waals surface area contributed by atoms with Crippen molar-refractivity contribution in [2.75, 3.05) is 6.61 Å². The van der Waals surface area contributed by atoms with Gasteiger partial charge in [-0.3, -0.25) is 14.6 Å². The van der Waals surface area contributed by atoms with Gasteiger partial charge in [0.2, 0.25) is 0 Å². The molecule has 8 heteroatoms. The number of aromatic nitrogens is 1. The van der Waals surface area contributed by atoms with Gasteiger partial charge in [-0.1, -0.05) is 38.5 Å². The van der Waals surface area contributed by atoms with Gasteiger partial charge in [0.05, 0.1) is 11.9 Å². The third kappa shape index (κ3) is 6.82. The minimum absolute atomic E-state index is 0.339. The summed E-state index contributed by atoms with van der Waals surface area (Å²) < 4.78 is 11.2. The third-order valence-corrected chi connectivity index (χ3v) is 6.62. The lowest BCUT2D eigenvalue weighted by Gasteiger charge is -2.26. The van der Waals surface area contributed by atoms with Crippen molar-refractivity contribution in [2.24, 2.45) is 0 Å². The zero-order valence-corrected chi connectivity index (χ0v) is 21.0. The molecular formula is C26H32N2O5S. The van der Waals surface area contributed by atoms with Gasteiger partial charge in [0, 0.05) is 18.3 Å². The Morgan fingerprint density at radius 2 is 1.79 bits per heavy atom. The van der Waals surface area contributed by atoms with Gasteiger partial charge in [0.15, 0.2) is 0 Å². The summed E-state index contributed by atoms with van der Waals surface area (Å²) in [6.45, 7) is 8.13. The molecule has 2 aromatic rings. The van der Waals surface area contributed by atoms with Crippen molar-refractivity contribution in [3.63, 3.8) is 0 Å². The number of rotatable bonds is 10. The average molecular weight is 485 g/mol. The van der Waals surface area contributed by atoms with Crippen LogP contribution >= 0.6 is 11.8 Å². The smallest absolute Gasteiger partial charge is 0.424 e. The minimum Gasteiger partial charge on any atom is -0.493 e. The van der Waals surface area contributed by atoms with Crippen LogP contribution in [0.25, 0.3) is 0 Å². The molecule has 182 valence electrons. The van der Waals surface area contributed by atoms with Gasteiger partial charge in [0.25, 0.3) is 11.1 Å². The quantitative estimate of drug-likeness (QED) is 0.435. The molecular weight excluding hydrogens is 452 g/mol. The first-order valence-corrected chi connectivity index (χ1v) is 12.5. The van der Waals surface area contributed by atoms with Gasteiger partial charge in [-0.15, -0.1) is 0 Å². The SMILES string of the molecule is CCCC(C)(C)OC(=O)N1C(=O)SC(Cc2ccc(OCCc3ccc(CC)cn3)cc2)C1=O. The van der Waals surface area contributed by atoms with E-state index >= 15 is 0 Å². The predicted octanol–water partition coefficient (Wildman–Crippen LogP) is 5.59. The zero-order chi connectivity index (χ0) is 24.7. The number of pyridine rings is 1. The van der Waals surface area contributed by atoms with E-state index in [1.165, 1.54) is 5.56 Å². The average Bonchev–Trinajstić information content (AvgIpc) is 3.07. The first kappa shape index (κ1) is 25.7. The van der Waals surface area contributed by atoms with E-state index in [0.717, 1.165) is 41.6 Å². The fourth-order valence-corrected chi connectivity index (χ4v) is 4.70. The number of amides is 3. The molecule has 1 aliphatic heterocycles. The lowest BCUT2D eigenvalue weighted by molar-refractivity contribution is -0.126. The second-order valence-electron chi connectivity index (χ2n) is 8.88. The first-order chi connectivity index (χ1) is 16.2. The summed E-state index contributed by atoms with van der Waals surface area (Å²) in [5.74, 6) is 0.188. The molecule has 1 aromatic heterocycles. The topological polar surface area (TPSA) is 85.8 Å². The van der Waals surface area contributed by atoms with Crippen molar-refractivity contribution in [1.29, 1.82) is 0 Å². The van der Waals surface area contributed by atoms with E-state index in [1.54, 1.807) is 13.8 Å². The van der Waals surface area contributed by atoms with Crippen LogP contribution in [0.4, 0.5) is 9.59 Å². The van der Waals surface area contributed by atoms with Gasteiger partial charge in [-0.2, -0.15) is 4.90 Å². The monoisotopic (exact) mass is 484 g/mol. The fourth-order valence-electron chi connectivity index (χ4n) is 3.71. The molecule has 1 atom stereocenters. The molecule has 0 N–H and O–H groups in total. The Labute approximate surface area is 205 Å². The molecule has 3 amide bonds. The molecule has 1 fully saturated rings. The molecule has 1 aliphatic rings. The highest BCUT2D eigenvalue weighted by molar-refractivity contribution is 8.15. The molecule has 1 saturated heterocycles. The maximum atomic E-state index is 12.7. The molecule has 7 nitrogen and oxygen atoms in total. The van der Waals surface area contributed by atoms with Crippen molar-refractivity contribution in [2.45, 2.75) is 70.7 Å². The van der Waals surface area contributed by atoms with Crippen LogP contribution < -0.4 is 4.74 Å². The summed E-state index contributed by atoms with van der Waals surface area (Å²) in [4.78, 5) is 42.6. The molecule has 1 unspecified atom stereocenters. The summed E-state index contributed by atoms with van der Waals surface area (Å²) in [7, 11) is 0. The van der Waals surface area contributed by atoms with Crippen molar-refractivity contribution < 1.29 is 23.9 Å². The Balaban J connectivity index is 1.51. The Hall–Kier alpha value is -2.87. The van der Waals surface area contributed by atoms with Crippen LogP contribution in [0.5, 0.6) is 5.75 Å². The van der Waals surface area contributed by atoms with E-state index in [4.69, 9.17) is 9.47 Å². The maximum Gasteiger partial charge on any atom is 0.424 e. The van der Waals surface area contributed by atoms with Crippen LogP contribution in [0.1, 0.15) is 57.4 Å². The second kappa shape index (κ2) is 11.5. The van der Waals surface area contributed by atoms with Gasteiger partial charge in [-0.05, 0) is 74.2 Å². The normalized spacial score (nSPS) is 16.1. The van der Waals surface area contributed by atoms with Crippen LogP contribution in [0.15, 0.2) is 42.6 Å². The number of hydrogen-bond acceptors (Lipinski definition) is 7. The number of hydrogen-bond donors (Lipinski definition) is 0. The fraction of sp³-hybridized carbons (Fsp3) is 0.462. The highest BCUT2D eigenvalue weighted by Crippen LogP contribution is 2.31. The summed E-state index contributed by atoms with van der Waals surface area (Å²) in [6, 6.07) is 11.5. The first-order valence-electron chi connectivity index (χ1n) is 11.7. The molecule has 0 saturated carbocycles. The summed E-state index contributed by atoms with van der Waals surface area (Å²) in [5.41, 5.74) is 2.34. The summed E-state index contributed by atoms with van der Waals surface area (Å²) in [6.07, 6.45) is 4.47. The van der Waals surface area contributed by atoms with Gasteiger partial charge >= 0.3 is 6.09 Å². The lowest BCUT2D eigenvalue weighted by Crippen LogP contribution is -2.42. The third-order valence-electron chi connectivity index (χ3n) is 5.59. The number of ether oxygens (including phenoxy) is 2. The van der Waals surface area contributed by atoms with Crippen LogP contribution in [0.3, 0.4) is 0 Å². The second-order valence-corrected chi connectivity index (χ2v) is 10.0. The Bertz CT molecular complexity index is 1000. The Kier molecular flexibility index (Phi) is 8.72. The predicted molar refractivity (Wildman–Crippen MR) is 132 cm³/mol. The molecule has 1 aromatic carbocycles. The zero-order valence-electron chi connectivity index (χ0n) is 20.2. The van der Waals surface area contributed by atoms with E-state index in [0.29, 0.717) is 30.8 Å². The molecule has 0 radical (unpaired) electrons. The van der Waals surface area contributed by atoms with Crippen LogP contribution in [0, 0.1) is 0 Å². The van der Waals surface area contributed by atoms with Crippen molar-refractivity contribution in [3.05, 3.63) is 59.4 Å². The molecule has 0 bridgehead atoms. The van der Waals surface area contributed by atoms with Crippen LogP contribution in [-0.4, -0.2) is 44.6 Å². The number of benzene rings is 1. The Morgan fingerprint density at radius 1 is 1.09 bits per heavy atom. The largest absolute Gasteiger partial charge is 0.493 e. The number of carbonyl (C=O) groups excluding carboxylic acids is 3. The molecule has 34 heavy (non-hydrogen) atoms. The number of nitrogens with zero attached hydrogens (tertiary/aromatic N) is 2. The number of aryl methyl sites for hydroxylation is 1. The van der Waals surface area contributed by atoms with Gasteiger partial charge in [0.1, 0.15) is 11.4 Å². The van der Waals surface area contributed by atoms with Crippen molar-refractivity contribution in [3.8, 4) is 5.75 Å². The van der Waals surface area contributed by atoms with Crippen molar-refractivity contribution >= 4 is 29.0 Å². The van der Waals surface area contributed by atoms with E-state index in [2.05, 4.69) is 18.0 Å². The van der Waals surface area contributed by atoms with Gasteiger partial charge < -0.3 is 9.47 Å². The Morgan fingerprint density at radius 3 is 2.41 bits per heavy atom. The van der Waals surface area contributed by atoms with E-state index in [9.17, 15) is 14.4 Å². The number of carbonyl (C=O) groups is 3. The maximum absolute atomic E-state index is 12.7. The number of thioether (sulfide) groups is 1. The summed E-state index contributed by atoms with van der Waals surface area (Å²) in [5, 5.41) is -1.24. The standard InChI is InChI=1S/C26H32N2O5S/c1-5-14-26(3,4)33-24(30)28-23(29)22(34-25(28)31)16-19-8-11-21(12-9-19)32-15-13-20-10-7-18(6-2)17-27-20/h7-12,17,22H,5-6,13-16H2,1-4H3. The molecule has 0 aliphatic carbocycles. The molecule has 0 spiro atoms. The highest BCUT2D eigenvalue weighted by atomic mass is 32.2. The van der Waals surface area contributed by atoms with Crippen LogP contribution in [-0.2, 0) is 28.8 Å².